The highest BCUT2D eigenvalue weighted by Crippen LogP contribution is 2.38. The van der Waals surface area contributed by atoms with Gasteiger partial charge in [0.1, 0.15) is 23.0 Å². The van der Waals surface area contributed by atoms with Gasteiger partial charge in [-0.05, 0) is 120 Å². The van der Waals surface area contributed by atoms with Gasteiger partial charge in [0.2, 0.25) is 0 Å². The van der Waals surface area contributed by atoms with Gasteiger partial charge in [-0.3, -0.25) is 0 Å². The third kappa shape index (κ3) is 7.92. The van der Waals surface area contributed by atoms with E-state index >= 15 is 0 Å². The molecule has 0 N–H and O–H groups in total. The normalized spacial score (nSPS) is 11.9. The van der Waals surface area contributed by atoms with Crippen LogP contribution < -0.4 is 28.7 Å². The minimum atomic E-state index is 0.804. The molecule has 0 aliphatic carbocycles. The molecule has 0 saturated heterocycles. The molecule has 0 fully saturated rings. The van der Waals surface area contributed by atoms with E-state index in [2.05, 4.69) is 119 Å². The van der Waals surface area contributed by atoms with Crippen molar-refractivity contribution in [2.24, 2.45) is 0 Å². The third-order valence-corrected chi connectivity index (χ3v) is 9.69. The number of benzene rings is 6. The van der Waals surface area contributed by atoms with E-state index in [9.17, 15) is 0 Å². The number of nitrogens with zero attached hydrogens (tertiary/aromatic N) is 2. The van der Waals surface area contributed by atoms with Gasteiger partial charge in [-0.2, -0.15) is 0 Å². The van der Waals surface area contributed by atoms with Crippen molar-refractivity contribution in [3.8, 4) is 23.0 Å². The number of para-hydroxylation sites is 1. The summed E-state index contributed by atoms with van der Waals surface area (Å²) in [6.45, 7) is 0.984. The second kappa shape index (κ2) is 16.3. The SMILES string of the molecule is COc1ccc(C(=CN(C=C(c2ccc(OC)cc2)c2ccc(OC)cc2)c2ccc3c(c2)CCCN3c2ccccc2)c2ccc(OC)cc2)cc1. The molecule has 0 bridgehead atoms. The molecule has 6 heteroatoms. The molecule has 0 amide bonds. The summed E-state index contributed by atoms with van der Waals surface area (Å²) in [5, 5.41) is 0. The van der Waals surface area contributed by atoms with Gasteiger partial charge in [-0.25, -0.2) is 0 Å². The fraction of sp³-hybridized carbons (Fsp3) is 0.149. The predicted octanol–water partition coefficient (Wildman–Crippen LogP) is 10.8. The topological polar surface area (TPSA) is 43.4 Å². The fourth-order valence-electron chi connectivity index (χ4n) is 6.80. The van der Waals surface area contributed by atoms with E-state index in [1.807, 2.05) is 48.5 Å². The molecule has 1 aliphatic heterocycles. The van der Waals surface area contributed by atoms with Crippen LogP contribution in [0.3, 0.4) is 0 Å². The third-order valence-electron chi connectivity index (χ3n) is 9.69. The Morgan fingerprint density at radius 1 is 0.509 bits per heavy atom. The van der Waals surface area contributed by atoms with E-state index in [1.54, 1.807) is 28.4 Å². The Balaban J connectivity index is 1.44. The van der Waals surface area contributed by atoms with Crippen molar-refractivity contribution in [1.29, 1.82) is 0 Å². The average Bonchev–Trinajstić information content (AvgIpc) is 3.24. The van der Waals surface area contributed by atoms with Crippen LogP contribution in [0.25, 0.3) is 11.1 Å². The number of hydrogen-bond acceptors (Lipinski definition) is 6. The van der Waals surface area contributed by atoms with E-state index in [-0.39, 0.29) is 0 Å². The van der Waals surface area contributed by atoms with E-state index in [0.29, 0.717) is 0 Å². The van der Waals surface area contributed by atoms with Crippen LogP contribution in [0.15, 0.2) is 158 Å². The molecule has 6 aromatic rings. The minimum absolute atomic E-state index is 0.804. The quantitative estimate of drug-likeness (QED) is 0.127. The summed E-state index contributed by atoms with van der Waals surface area (Å²) in [5.41, 5.74) is 11.1. The van der Waals surface area contributed by atoms with Gasteiger partial charge < -0.3 is 28.7 Å². The molecule has 1 heterocycles. The number of rotatable bonds is 12. The van der Waals surface area contributed by atoms with Gasteiger partial charge in [-0.15, -0.1) is 0 Å². The molecule has 0 spiro atoms. The molecule has 0 unspecified atom stereocenters. The van der Waals surface area contributed by atoms with Crippen LogP contribution in [-0.2, 0) is 6.42 Å². The number of ether oxygens (including phenoxy) is 4. The number of methoxy groups -OCH3 is 4. The van der Waals surface area contributed by atoms with E-state index in [4.69, 9.17) is 18.9 Å². The molecule has 6 nitrogen and oxygen atoms in total. The van der Waals surface area contributed by atoms with E-state index < -0.39 is 0 Å². The highest BCUT2D eigenvalue weighted by molar-refractivity contribution is 5.86. The molecule has 0 saturated carbocycles. The second-order valence-electron chi connectivity index (χ2n) is 12.8. The summed E-state index contributed by atoms with van der Waals surface area (Å²) in [5.74, 6) is 3.22. The molecule has 0 atom stereocenters. The average molecular weight is 701 g/mol. The number of fused-ring (bicyclic) bond motifs is 1. The van der Waals surface area contributed by atoms with E-state index in [1.165, 1.54) is 16.9 Å². The van der Waals surface area contributed by atoms with Crippen molar-refractivity contribution in [3.63, 3.8) is 0 Å². The lowest BCUT2D eigenvalue weighted by atomic mass is 9.96. The summed E-state index contributed by atoms with van der Waals surface area (Å²) in [6.07, 6.45) is 6.54. The van der Waals surface area contributed by atoms with Crippen LogP contribution in [0.2, 0.25) is 0 Å². The van der Waals surface area contributed by atoms with Gasteiger partial charge in [0.05, 0.1) is 28.4 Å². The maximum Gasteiger partial charge on any atom is 0.118 e. The number of aryl methyl sites for hydroxylation is 1. The molecular formula is C47H44N2O4. The van der Waals surface area contributed by atoms with Gasteiger partial charge in [-0.1, -0.05) is 66.7 Å². The highest BCUT2D eigenvalue weighted by Gasteiger charge is 2.20. The molecule has 266 valence electrons. The maximum absolute atomic E-state index is 5.53. The molecule has 0 aromatic heterocycles. The van der Waals surface area contributed by atoms with Crippen molar-refractivity contribution in [3.05, 3.63) is 186 Å². The second-order valence-corrected chi connectivity index (χ2v) is 12.8. The van der Waals surface area contributed by atoms with Crippen molar-refractivity contribution in [1.82, 2.24) is 0 Å². The lowest BCUT2D eigenvalue weighted by molar-refractivity contribution is 0.414. The Labute approximate surface area is 312 Å². The Bertz CT molecular complexity index is 1970. The first-order valence-electron chi connectivity index (χ1n) is 17.8. The Kier molecular flexibility index (Phi) is 10.8. The van der Waals surface area contributed by atoms with Gasteiger partial charge >= 0.3 is 0 Å². The van der Waals surface area contributed by atoms with Gasteiger partial charge in [0.15, 0.2) is 0 Å². The Hall–Kier alpha value is -6.40. The van der Waals surface area contributed by atoms with Crippen molar-refractivity contribution in [2.75, 3.05) is 44.8 Å². The maximum atomic E-state index is 5.53. The van der Waals surface area contributed by atoms with Crippen LogP contribution in [0.4, 0.5) is 17.1 Å². The molecule has 7 rings (SSSR count). The molecular weight excluding hydrogens is 657 g/mol. The molecule has 1 aliphatic rings. The zero-order valence-electron chi connectivity index (χ0n) is 30.7. The Morgan fingerprint density at radius 2 is 0.925 bits per heavy atom. The number of anilines is 3. The summed E-state index contributed by atoms with van der Waals surface area (Å²) >= 11 is 0. The van der Waals surface area contributed by atoms with Crippen molar-refractivity contribution >= 4 is 28.2 Å². The van der Waals surface area contributed by atoms with Crippen molar-refractivity contribution < 1.29 is 18.9 Å². The van der Waals surface area contributed by atoms with Gasteiger partial charge in [0, 0.05) is 47.2 Å². The molecule has 0 radical (unpaired) electrons. The van der Waals surface area contributed by atoms with Crippen LogP contribution in [-0.4, -0.2) is 35.0 Å². The van der Waals surface area contributed by atoms with Crippen LogP contribution in [0, 0.1) is 0 Å². The minimum Gasteiger partial charge on any atom is -0.497 e. The standard InChI is InChI=1S/C47H44N2O4/c1-50-41-21-12-34(13-22-41)45(35-14-23-42(51-2)24-15-35)32-48(40-20-29-47-38(31-40)9-8-30-49(47)39-10-6-5-7-11-39)33-46(36-16-25-43(52-3)26-17-36)37-18-27-44(53-4)28-19-37/h5-7,10-29,31-33H,8-9,30H2,1-4H3. The summed E-state index contributed by atoms with van der Waals surface area (Å²) < 4.78 is 22.1. The van der Waals surface area contributed by atoms with Crippen LogP contribution in [0.1, 0.15) is 34.2 Å². The molecule has 53 heavy (non-hydrogen) atoms. The van der Waals surface area contributed by atoms with Crippen LogP contribution >= 0.6 is 0 Å². The predicted molar refractivity (Wildman–Crippen MR) is 217 cm³/mol. The zero-order valence-corrected chi connectivity index (χ0v) is 30.7. The van der Waals surface area contributed by atoms with Crippen molar-refractivity contribution in [2.45, 2.75) is 12.8 Å². The summed E-state index contributed by atoms with van der Waals surface area (Å²) in [4.78, 5) is 4.69. The lowest BCUT2D eigenvalue weighted by Gasteiger charge is -2.32. The highest BCUT2D eigenvalue weighted by atomic mass is 16.5. The first kappa shape index (κ1) is 35.0. The monoisotopic (exact) mass is 700 g/mol. The summed E-state index contributed by atoms with van der Waals surface area (Å²) in [7, 11) is 6.76. The lowest BCUT2D eigenvalue weighted by Crippen LogP contribution is -2.24. The Morgan fingerprint density at radius 3 is 1.32 bits per heavy atom. The fourth-order valence-corrected chi connectivity index (χ4v) is 6.80. The summed E-state index contributed by atoms with van der Waals surface area (Å²) in [6, 6.07) is 50.4. The first-order valence-corrected chi connectivity index (χ1v) is 17.8. The smallest absolute Gasteiger partial charge is 0.118 e. The van der Waals surface area contributed by atoms with Gasteiger partial charge in [0.25, 0.3) is 0 Å². The largest absolute Gasteiger partial charge is 0.497 e. The van der Waals surface area contributed by atoms with Crippen LogP contribution in [0.5, 0.6) is 23.0 Å². The zero-order chi connectivity index (χ0) is 36.6. The van der Waals surface area contributed by atoms with E-state index in [0.717, 1.165) is 81.5 Å². The number of hydrogen-bond donors (Lipinski definition) is 0. The first-order chi connectivity index (χ1) is 26.1. The molecule has 6 aromatic carbocycles.